The highest BCUT2D eigenvalue weighted by atomic mass is 16.6. The average molecular weight is 536 g/mol. The van der Waals surface area contributed by atoms with E-state index in [0.717, 1.165) is 11.1 Å². The highest BCUT2D eigenvalue weighted by molar-refractivity contribution is 5.68. The van der Waals surface area contributed by atoms with Crippen molar-refractivity contribution >= 4 is 12.2 Å². The largest absolute Gasteiger partial charge is 0.508 e. The number of hydrogen-bond acceptors (Lipinski definition) is 7. The molecule has 39 heavy (non-hydrogen) atoms. The van der Waals surface area contributed by atoms with Gasteiger partial charge in [-0.05, 0) is 56.9 Å². The van der Waals surface area contributed by atoms with Gasteiger partial charge in [-0.15, -0.1) is 0 Å². The number of ether oxygens (including phenoxy) is 2. The number of nitrogens with one attached hydrogen (secondary N) is 2. The van der Waals surface area contributed by atoms with Crippen molar-refractivity contribution in [1.29, 1.82) is 0 Å². The Bertz CT molecular complexity index is 1180. The molecular formula is C30H37N3O6. The molecule has 0 aliphatic heterocycles. The summed E-state index contributed by atoms with van der Waals surface area (Å²) in [7, 11) is 0. The van der Waals surface area contributed by atoms with Gasteiger partial charge in [-0.2, -0.15) is 5.01 Å². The number of alkyl carbamates (subject to hydrolysis) is 1. The number of phenolic OH excluding ortho intramolecular Hbond substituents is 1. The summed E-state index contributed by atoms with van der Waals surface area (Å²) in [5, 5.41) is 25.1. The zero-order valence-electron chi connectivity index (χ0n) is 22.5. The summed E-state index contributed by atoms with van der Waals surface area (Å²) in [5.74, 6) is -0.00822. The number of phenols is 1. The smallest absolute Gasteiger partial charge is 0.422 e. The number of benzene rings is 3. The summed E-state index contributed by atoms with van der Waals surface area (Å²) in [6, 6.07) is 24.7. The molecule has 3 rings (SSSR count). The topological polar surface area (TPSA) is 120 Å². The Kier molecular flexibility index (Phi) is 10.7. The first-order valence-corrected chi connectivity index (χ1v) is 12.9. The Morgan fingerprint density at radius 3 is 2.18 bits per heavy atom. The number of carbonyl (C=O) groups is 2. The Balaban J connectivity index is 1.67. The molecule has 0 saturated heterocycles. The Hall–Kier alpha value is -4.08. The van der Waals surface area contributed by atoms with E-state index in [-0.39, 0.29) is 24.9 Å². The third-order valence-electron chi connectivity index (χ3n) is 5.70. The van der Waals surface area contributed by atoms with E-state index < -0.39 is 24.0 Å². The van der Waals surface area contributed by atoms with Crippen molar-refractivity contribution in [2.24, 2.45) is 0 Å². The standard InChI is InChI=1S/C30H37N3O6/c1-30(2,3)39-29(37)32-33(27(35)24-16-10-17-25(34)20-24)19-11-18-26(23-14-8-5-9-15-23)31-28(36)38-21-22-12-6-4-7-13-22/h4-10,12-17,20,26-27,34-35H,11,18-19,21H2,1-3H3,(H,31,36)(H,32,37). The van der Waals surface area contributed by atoms with Crippen molar-refractivity contribution in [2.75, 3.05) is 6.54 Å². The molecule has 0 aromatic heterocycles. The van der Waals surface area contributed by atoms with Crippen LogP contribution in [-0.4, -0.2) is 39.6 Å². The summed E-state index contributed by atoms with van der Waals surface area (Å²) < 4.78 is 10.8. The highest BCUT2D eigenvalue weighted by Crippen LogP contribution is 2.23. The first kappa shape index (κ1) is 29.5. The fourth-order valence-corrected chi connectivity index (χ4v) is 3.90. The zero-order chi connectivity index (χ0) is 28.3. The molecule has 0 aliphatic carbocycles. The van der Waals surface area contributed by atoms with Gasteiger partial charge in [0.05, 0.1) is 6.04 Å². The van der Waals surface area contributed by atoms with E-state index in [9.17, 15) is 19.8 Å². The lowest BCUT2D eigenvalue weighted by Gasteiger charge is -2.30. The molecule has 9 nitrogen and oxygen atoms in total. The van der Waals surface area contributed by atoms with Gasteiger partial charge >= 0.3 is 12.2 Å². The van der Waals surface area contributed by atoms with E-state index in [4.69, 9.17) is 9.47 Å². The summed E-state index contributed by atoms with van der Waals surface area (Å²) >= 11 is 0. The number of aliphatic hydroxyl groups is 1. The molecule has 0 bridgehead atoms. The molecule has 9 heteroatoms. The molecule has 3 aromatic carbocycles. The van der Waals surface area contributed by atoms with Gasteiger partial charge < -0.3 is 25.0 Å². The summed E-state index contributed by atoms with van der Waals surface area (Å²) in [4.78, 5) is 25.1. The lowest BCUT2D eigenvalue weighted by atomic mass is 10.0. The maximum Gasteiger partial charge on any atom is 0.422 e. The van der Waals surface area contributed by atoms with Crippen LogP contribution in [0.3, 0.4) is 0 Å². The predicted octanol–water partition coefficient (Wildman–Crippen LogP) is 5.57. The fraction of sp³-hybridized carbons (Fsp3) is 0.333. The summed E-state index contributed by atoms with van der Waals surface area (Å²) in [6.07, 6.45) is -1.54. The van der Waals surface area contributed by atoms with Crippen LogP contribution in [0.15, 0.2) is 84.9 Å². The van der Waals surface area contributed by atoms with Crippen molar-refractivity contribution in [2.45, 2.75) is 58.1 Å². The Morgan fingerprint density at radius 2 is 1.54 bits per heavy atom. The third kappa shape index (κ3) is 10.3. The van der Waals surface area contributed by atoms with Crippen molar-refractivity contribution in [1.82, 2.24) is 15.8 Å². The van der Waals surface area contributed by atoms with Crippen LogP contribution >= 0.6 is 0 Å². The van der Waals surface area contributed by atoms with Crippen LogP contribution in [0.2, 0.25) is 0 Å². The molecule has 0 radical (unpaired) electrons. The third-order valence-corrected chi connectivity index (χ3v) is 5.70. The lowest BCUT2D eigenvalue weighted by Crippen LogP contribution is -2.47. The molecule has 2 atom stereocenters. The molecule has 0 fully saturated rings. The number of carbonyl (C=O) groups excluding carboxylic acids is 2. The van der Waals surface area contributed by atoms with Crippen molar-refractivity contribution in [3.05, 3.63) is 102 Å². The van der Waals surface area contributed by atoms with E-state index in [1.807, 2.05) is 60.7 Å². The van der Waals surface area contributed by atoms with Gasteiger partial charge in [-0.3, -0.25) is 5.43 Å². The minimum atomic E-state index is -1.25. The minimum Gasteiger partial charge on any atom is -0.508 e. The second kappa shape index (κ2) is 14.2. The average Bonchev–Trinajstić information content (AvgIpc) is 2.90. The number of rotatable bonds is 11. The monoisotopic (exact) mass is 535 g/mol. The van der Waals surface area contributed by atoms with E-state index in [2.05, 4.69) is 10.7 Å². The number of nitrogens with zero attached hydrogens (tertiary/aromatic N) is 1. The first-order chi connectivity index (χ1) is 18.6. The first-order valence-electron chi connectivity index (χ1n) is 12.9. The van der Waals surface area contributed by atoms with E-state index in [0.29, 0.717) is 18.4 Å². The molecule has 208 valence electrons. The van der Waals surface area contributed by atoms with E-state index >= 15 is 0 Å². The molecule has 0 saturated carbocycles. The van der Waals surface area contributed by atoms with Crippen LogP contribution in [0.4, 0.5) is 9.59 Å². The molecule has 3 aromatic rings. The van der Waals surface area contributed by atoms with Gasteiger partial charge in [-0.1, -0.05) is 72.8 Å². The molecule has 0 heterocycles. The molecule has 0 aliphatic rings. The second-order valence-electron chi connectivity index (χ2n) is 10.1. The van der Waals surface area contributed by atoms with Crippen LogP contribution < -0.4 is 10.7 Å². The second-order valence-corrected chi connectivity index (χ2v) is 10.1. The number of amides is 2. The maximum atomic E-state index is 12.6. The Morgan fingerprint density at radius 1 is 0.897 bits per heavy atom. The number of hydrogen-bond donors (Lipinski definition) is 4. The fourth-order valence-electron chi connectivity index (χ4n) is 3.90. The normalized spacial score (nSPS) is 12.8. The summed E-state index contributed by atoms with van der Waals surface area (Å²) in [5.41, 5.74) is 4.06. The van der Waals surface area contributed by atoms with E-state index in [1.165, 1.54) is 17.1 Å². The molecular weight excluding hydrogens is 498 g/mol. The van der Waals surface area contributed by atoms with Gasteiger partial charge in [0.25, 0.3) is 0 Å². The molecule has 2 amide bonds. The van der Waals surface area contributed by atoms with Crippen LogP contribution in [0.25, 0.3) is 0 Å². The Labute approximate surface area is 229 Å². The summed E-state index contributed by atoms with van der Waals surface area (Å²) in [6.45, 7) is 5.61. The van der Waals surface area contributed by atoms with Crippen molar-refractivity contribution in [3.63, 3.8) is 0 Å². The highest BCUT2D eigenvalue weighted by Gasteiger charge is 2.24. The molecule has 2 unspecified atom stereocenters. The van der Waals surface area contributed by atoms with Gasteiger partial charge in [-0.25, -0.2) is 9.59 Å². The van der Waals surface area contributed by atoms with Crippen LogP contribution in [-0.2, 0) is 16.1 Å². The zero-order valence-corrected chi connectivity index (χ0v) is 22.5. The quantitative estimate of drug-likeness (QED) is 0.187. The van der Waals surface area contributed by atoms with Crippen LogP contribution in [0.1, 0.15) is 62.6 Å². The maximum absolute atomic E-state index is 12.6. The predicted molar refractivity (Wildman–Crippen MR) is 147 cm³/mol. The van der Waals surface area contributed by atoms with Crippen LogP contribution in [0.5, 0.6) is 5.75 Å². The lowest BCUT2D eigenvalue weighted by molar-refractivity contribution is -0.0448. The molecule has 4 N–H and O–H groups in total. The van der Waals surface area contributed by atoms with Gasteiger partial charge in [0.1, 0.15) is 24.2 Å². The van der Waals surface area contributed by atoms with Crippen LogP contribution in [0, 0.1) is 0 Å². The number of aliphatic hydroxyl groups excluding tert-OH is 1. The minimum absolute atomic E-state index is 0.00822. The van der Waals surface area contributed by atoms with Gasteiger partial charge in [0, 0.05) is 12.1 Å². The van der Waals surface area contributed by atoms with Crippen molar-refractivity contribution < 1.29 is 29.3 Å². The van der Waals surface area contributed by atoms with Crippen molar-refractivity contribution in [3.8, 4) is 5.75 Å². The number of aromatic hydroxyl groups is 1. The van der Waals surface area contributed by atoms with Gasteiger partial charge in [0.15, 0.2) is 0 Å². The number of hydrazine groups is 1. The molecule has 0 spiro atoms. The van der Waals surface area contributed by atoms with Gasteiger partial charge in [0.2, 0.25) is 0 Å². The SMILES string of the molecule is CC(C)(C)OC(=O)NN(CCCC(NC(=O)OCc1ccccc1)c1ccccc1)C(O)c1cccc(O)c1. The van der Waals surface area contributed by atoms with E-state index in [1.54, 1.807) is 32.9 Å².